The fourth-order valence-electron chi connectivity index (χ4n) is 3.08. The van der Waals surface area contributed by atoms with Gasteiger partial charge in [0.2, 0.25) is 0 Å². The van der Waals surface area contributed by atoms with E-state index in [9.17, 15) is 4.79 Å². The summed E-state index contributed by atoms with van der Waals surface area (Å²) in [6.45, 7) is 3.32. The van der Waals surface area contributed by atoms with Crippen molar-refractivity contribution in [2.24, 2.45) is 0 Å². The van der Waals surface area contributed by atoms with E-state index in [2.05, 4.69) is 29.5 Å². The molecule has 5 nitrogen and oxygen atoms in total. The van der Waals surface area contributed by atoms with E-state index in [1.54, 1.807) is 11.2 Å². The highest BCUT2D eigenvalue weighted by Gasteiger charge is 2.52. The van der Waals surface area contributed by atoms with Crippen molar-refractivity contribution >= 4 is 6.03 Å². The van der Waals surface area contributed by atoms with Crippen molar-refractivity contribution in [3.05, 3.63) is 53.4 Å². The van der Waals surface area contributed by atoms with Crippen LogP contribution < -0.4 is 5.32 Å². The predicted octanol–water partition coefficient (Wildman–Crippen LogP) is 2.43. The molecule has 1 aliphatic carbocycles. The van der Waals surface area contributed by atoms with E-state index in [0.717, 1.165) is 17.7 Å². The highest BCUT2D eigenvalue weighted by Crippen LogP contribution is 2.48. The topological polar surface area (TPSA) is 58.4 Å². The maximum Gasteiger partial charge on any atom is 0.318 e. The molecule has 4 rings (SSSR count). The van der Waals surface area contributed by atoms with Crippen LogP contribution in [0, 0.1) is 0 Å². The molecule has 2 atom stereocenters. The third-order valence-electron chi connectivity index (χ3n) is 4.69. The van der Waals surface area contributed by atoms with Crippen molar-refractivity contribution in [1.29, 1.82) is 0 Å². The molecule has 108 valence electrons. The van der Waals surface area contributed by atoms with Gasteiger partial charge in [0.15, 0.2) is 0 Å². The molecule has 1 fully saturated rings. The zero-order valence-electron chi connectivity index (χ0n) is 11.9. The standard InChI is InChI=1S/C16H17N3O2/c1-16(12-5-3-2-4-6-12)7-14(16)17-15(20)19-8-11-10-21-18-13(11)9-19/h2-6,10,14H,7-9H2,1H3,(H,17,20). The molecule has 2 aromatic rings. The minimum Gasteiger partial charge on any atom is -0.364 e. The van der Waals surface area contributed by atoms with Gasteiger partial charge in [0.25, 0.3) is 0 Å². The lowest BCUT2D eigenvalue weighted by molar-refractivity contribution is 0.195. The number of carbonyl (C=O) groups excluding carboxylic acids is 1. The van der Waals surface area contributed by atoms with Crippen LogP contribution in [0.2, 0.25) is 0 Å². The van der Waals surface area contributed by atoms with Crippen molar-refractivity contribution in [2.45, 2.75) is 37.9 Å². The van der Waals surface area contributed by atoms with Crippen LogP contribution >= 0.6 is 0 Å². The fourth-order valence-corrected chi connectivity index (χ4v) is 3.08. The van der Waals surface area contributed by atoms with Crippen molar-refractivity contribution < 1.29 is 9.32 Å². The van der Waals surface area contributed by atoms with Gasteiger partial charge in [-0.2, -0.15) is 0 Å². The number of fused-ring (bicyclic) bond motifs is 1. The minimum absolute atomic E-state index is 0.0161. The van der Waals surface area contributed by atoms with Crippen LogP contribution in [0.4, 0.5) is 4.79 Å². The molecular formula is C16H17N3O2. The summed E-state index contributed by atoms with van der Waals surface area (Å²) >= 11 is 0. The molecule has 2 aliphatic rings. The molecule has 0 radical (unpaired) electrons. The third-order valence-corrected chi connectivity index (χ3v) is 4.69. The molecule has 0 saturated heterocycles. The Kier molecular flexibility index (Phi) is 2.58. The Morgan fingerprint density at radius 1 is 1.38 bits per heavy atom. The zero-order valence-corrected chi connectivity index (χ0v) is 11.9. The third kappa shape index (κ3) is 2.00. The van der Waals surface area contributed by atoms with Gasteiger partial charge in [0.05, 0.1) is 13.1 Å². The summed E-state index contributed by atoms with van der Waals surface area (Å²) < 4.78 is 4.89. The summed E-state index contributed by atoms with van der Waals surface area (Å²) in [7, 11) is 0. The molecule has 1 aromatic heterocycles. The van der Waals surface area contributed by atoms with E-state index in [0.29, 0.717) is 13.1 Å². The van der Waals surface area contributed by atoms with E-state index >= 15 is 0 Å². The van der Waals surface area contributed by atoms with Gasteiger partial charge in [-0.3, -0.25) is 0 Å². The van der Waals surface area contributed by atoms with Gasteiger partial charge in [-0.15, -0.1) is 0 Å². The van der Waals surface area contributed by atoms with Gasteiger partial charge in [-0.1, -0.05) is 42.4 Å². The summed E-state index contributed by atoms with van der Waals surface area (Å²) in [6, 6.07) is 10.6. The lowest BCUT2D eigenvalue weighted by Crippen LogP contribution is -2.39. The second kappa shape index (κ2) is 4.35. The average Bonchev–Trinajstić information content (AvgIpc) is 2.85. The molecule has 21 heavy (non-hydrogen) atoms. The first-order chi connectivity index (χ1) is 10.2. The van der Waals surface area contributed by atoms with Gasteiger partial charge in [0.1, 0.15) is 12.0 Å². The first kappa shape index (κ1) is 12.4. The highest BCUT2D eigenvalue weighted by molar-refractivity contribution is 5.76. The summed E-state index contributed by atoms with van der Waals surface area (Å²) in [4.78, 5) is 14.1. The molecule has 2 unspecified atom stereocenters. The van der Waals surface area contributed by atoms with Crippen molar-refractivity contribution in [2.75, 3.05) is 0 Å². The Bertz CT molecular complexity index is 661. The van der Waals surface area contributed by atoms with Crippen LogP contribution in [0.15, 0.2) is 41.1 Å². The molecule has 5 heteroatoms. The number of nitrogens with zero attached hydrogens (tertiary/aromatic N) is 2. The summed E-state index contributed by atoms with van der Waals surface area (Å²) in [5.74, 6) is 0. The molecule has 0 spiro atoms. The van der Waals surface area contributed by atoms with Crippen LogP contribution in [-0.2, 0) is 18.5 Å². The highest BCUT2D eigenvalue weighted by atomic mass is 16.5. The molecule has 1 aliphatic heterocycles. The van der Waals surface area contributed by atoms with E-state index in [4.69, 9.17) is 4.52 Å². The number of nitrogens with one attached hydrogen (secondary N) is 1. The minimum atomic E-state index is -0.0161. The fraction of sp³-hybridized carbons (Fsp3) is 0.375. The second-order valence-corrected chi connectivity index (χ2v) is 6.13. The number of rotatable bonds is 2. The molecule has 2 heterocycles. The van der Waals surface area contributed by atoms with Crippen molar-refractivity contribution in [3.63, 3.8) is 0 Å². The van der Waals surface area contributed by atoms with E-state index in [1.807, 2.05) is 18.2 Å². The quantitative estimate of drug-likeness (QED) is 0.921. The van der Waals surface area contributed by atoms with Gasteiger partial charge < -0.3 is 14.7 Å². The predicted molar refractivity (Wildman–Crippen MR) is 76.5 cm³/mol. The Balaban J connectivity index is 1.40. The maximum atomic E-state index is 12.3. The first-order valence-electron chi connectivity index (χ1n) is 7.20. The number of amides is 2. The number of carbonyl (C=O) groups is 1. The van der Waals surface area contributed by atoms with Crippen LogP contribution in [0.25, 0.3) is 0 Å². The smallest absolute Gasteiger partial charge is 0.318 e. The zero-order chi connectivity index (χ0) is 14.4. The molecular weight excluding hydrogens is 266 g/mol. The van der Waals surface area contributed by atoms with Crippen LogP contribution in [0.3, 0.4) is 0 Å². The summed E-state index contributed by atoms with van der Waals surface area (Å²) in [6.07, 6.45) is 2.61. The SMILES string of the molecule is CC1(c2ccccc2)CC1NC(=O)N1Cc2conc2C1. The Labute approximate surface area is 122 Å². The van der Waals surface area contributed by atoms with Gasteiger partial charge in [0, 0.05) is 17.0 Å². The molecule has 1 aromatic carbocycles. The average molecular weight is 283 g/mol. The van der Waals surface area contributed by atoms with Crippen molar-refractivity contribution in [1.82, 2.24) is 15.4 Å². The number of aromatic nitrogens is 1. The van der Waals surface area contributed by atoms with Gasteiger partial charge in [-0.05, 0) is 12.0 Å². The second-order valence-electron chi connectivity index (χ2n) is 6.13. The number of hydrogen-bond acceptors (Lipinski definition) is 3. The molecule has 1 N–H and O–H groups in total. The summed E-state index contributed by atoms with van der Waals surface area (Å²) in [5, 5.41) is 7.04. The Hall–Kier alpha value is -2.30. The lowest BCUT2D eigenvalue weighted by Gasteiger charge is -2.18. The Morgan fingerprint density at radius 2 is 2.19 bits per heavy atom. The van der Waals surface area contributed by atoms with E-state index < -0.39 is 0 Å². The lowest BCUT2D eigenvalue weighted by atomic mass is 9.98. The maximum absolute atomic E-state index is 12.3. The monoisotopic (exact) mass is 283 g/mol. The van der Waals surface area contributed by atoms with Crippen molar-refractivity contribution in [3.8, 4) is 0 Å². The largest absolute Gasteiger partial charge is 0.364 e. The Morgan fingerprint density at radius 3 is 2.95 bits per heavy atom. The number of benzene rings is 1. The van der Waals surface area contributed by atoms with Crippen LogP contribution in [0.5, 0.6) is 0 Å². The van der Waals surface area contributed by atoms with Gasteiger partial charge >= 0.3 is 6.03 Å². The van der Waals surface area contributed by atoms with Gasteiger partial charge in [-0.25, -0.2) is 4.79 Å². The number of hydrogen-bond donors (Lipinski definition) is 1. The van der Waals surface area contributed by atoms with E-state index in [1.165, 1.54) is 5.56 Å². The summed E-state index contributed by atoms with van der Waals surface area (Å²) in [5.41, 5.74) is 3.22. The normalized spacial score (nSPS) is 26.5. The van der Waals surface area contributed by atoms with Crippen LogP contribution in [0.1, 0.15) is 30.2 Å². The molecule has 0 bridgehead atoms. The molecule has 2 amide bonds. The van der Waals surface area contributed by atoms with E-state index in [-0.39, 0.29) is 17.5 Å². The molecule has 1 saturated carbocycles. The first-order valence-corrected chi connectivity index (χ1v) is 7.20. The van der Waals surface area contributed by atoms with Crippen LogP contribution in [-0.4, -0.2) is 22.1 Å². The number of urea groups is 1.